The number of rotatable bonds is 8. The molecule has 0 aliphatic heterocycles. The molecular weight excluding hydrogens is 314 g/mol. The van der Waals surface area contributed by atoms with Crippen molar-refractivity contribution in [3.8, 4) is 11.5 Å². The number of halogens is 1. The highest BCUT2D eigenvalue weighted by Crippen LogP contribution is 2.19. The highest BCUT2D eigenvalue weighted by Gasteiger charge is 2.06. The molecule has 1 amide bonds. The molecule has 23 heavy (non-hydrogen) atoms. The third kappa shape index (κ3) is 5.83. The Morgan fingerprint density at radius 1 is 1.17 bits per heavy atom. The minimum Gasteiger partial charge on any atom is -0.496 e. The van der Waals surface area contributed by atoms with Gasteiger partial charge in [0, 0.05) is 11.4 Å². The summed E-state index contributed by atoms with van der Waals surface area (Å²) in [6, 6.07) is 14.9. The number of aryl methyl sites for hydroxylation is 1. The molecule has 0 atom stereocenters. The first kappa shape index (κ1) is 17.2. The standard InChI is InChI=1S/C18H20ClNO3/c1-22-17-8-3-2-5-14(17)9-10-18(21)20-11-12-23-16-7-4-6-15(19)13-16/h2-8,13H,9-12H2,1H3,(H,20,21). The molecule has 4 nitrogen and oxygen atoms in total. The molecule has 2 rings (SSSR count). The van der Waals surface area contributed by atoms with Gasteiger partial charge in [0.05, 0.1) is 13.7 Å². The first-order valence-corrected chi connectivity index (χ1v) is 7.84. The number of ether oxygens (including phenoxy) is 2. The van der Waals surface area contributed by atoms with E-state index in [0.29, 0.717) is 36.8 Å². The zero-order valence-corrected chi connectivity index (χ0v) is 13.8. The van der Waals surface area contributed by atoms with Crippen LogP contribution in [-0.4, -0.2) is 26.2 Å². The van der Waals surface area contributed by atoms with Gasteiger partial charge in [-0.2, -0.15) is 0 Å². The van der Waals surface area contributed by atoms with Gasteiger partial charge in [-0.3, -0.25) is 4.79 Å². The molecule has 2 aromatic rings. The Bertz CT molecular complexity index is 646. The van der Waals surface area contributed by atoms with Crippen LogP contribution < -0.4 is 14.8 Å². The molecule has 0 radical (unpaired) electrons. The number of hydrogen-bond acceptors (Lipinski definition) is 3. The first-order valence-electron chi connectivity index (χ1n) is 7.46. The van der Waals surface area contributed by atoms with E-state index in [0.717, 1.165) is 11.3 Å². The quantitative estimate of drug-likeness (QED) is 0.752. The summed E-state index contributed by atoms with van der Waals surface area (Å²) in [5, 5.41) is 3.47. The molecule has 2 aromatic carbocycles. The molecule has 5 heteroatoms. The fourth-order valence-electron chi connectivity index (χ4n) is 2.16. The van der Waals surface area contributed by atoms with E-state index < -0.39 is 0 Å². The monoisotopic (exact) mass is 333 g/mol. The smallest absolute Gasteiger partial charge is 0.220 e. The van der Waals surface area contributed by atoms with Gasteiger partial charge in [0.25, 0.3) is 0 Å². The summed E-state index contributed by atoms with van der Waals surface area (Å²) in [6.07, 6.45) is 1.06. The van der Waals surface area contributed by atoms with E-state index in [1.165, 1.54) is 0 Å². The van der Waals surface area contributed by atoms with Crippen molar-refractivity contribution in [2.24, 2.45) is 0 Å². The van der Waals surface area contributed by atoms with Crippen LogP contribution in [0, 0.1) is 0 Å². The van der Waals surface area contributed by atoms with Crippen LogP contribution in [0.2, 0.25) is 5.02 Å². The van der Waals surface area contributed by atoms with E-state index in [4.69, 9.17) is 21.1 Å². The zero-order valence-electron chi connectivity index (χ0n) is 13.0. The molecule has 122 valence electrons. The van der Waals surface area contributed by atoms with E-state index in [2.05, 4.69) is 5.32 Å². The van der Waals surface area contributed by atoms with Crippen molar-refractivity contribution in [2.75, 3.05) is 20.3 Å². The number of carbonyl (C=O) groups is 1. The molecule has 0 spiro atoms. The van der Waals surface area contributed by atoms with Gasteiger partial charge in [-0.05, 0) is 36.2 Å². The maximum absolute atomic E-state index is 11.9. The molecule has 0 saturated carbocycles. The number of methoxy groups -OCH3 is 1. The first-order chi connectivity index (χ1) is 11.2. The van der Waals surface area contributed by atoms with Crippen molar-refractivity contribution < 1.29 is 14.3 Å². The number of hydrogen-bond donors (Lipinski definition) is 1. The third-order valence-corrected chi connectivity index (χ3v) is 3.54. The highest BCUT2D eigenvalue weighted by molar-refractivity contribution is 6.30. The lowest BCUT2D eigenvalue weighted by Crippen LogP contribution is -2.28. The Labute approximate surface area is 141 Å². The number of benzene rings is 2. The van der Waals surface area contributed by atoms with Gasteiger partial charge in [-0.1, -0.05) is 35.9 Å². The summed E-state index contributed by atoms with van der Waals surface area (Å²) in [5.74, 6) is 1.50. The van der Waals surface area contributed by atoms with Crippen LogP contribution >= 0.6 is 11.6 Å². The zero-order chi connectivity index (χ0) is 16.5. The Balaban J connectivity index is 1.67. The van der Waals surface area contributed by atoms with Gasteiger partial charge in [0.1, 0.15) is 18.1 Å². The van der Waals surface area contributed by atoms with Crippen molar-refractivity contribution in [1.82, 2.24) is 5.32 Å². The SMILES string of the molecule is COc1ccccc1CCC(=O)NCCOc1cccc(Cl)c1. The molecule has 0 unspecified atom stereocenters. The maximum Gasteiger partial charge on any atom is 0.220 e. The molecule has 0 aliphatic rings. The number of nitrogens with one attached hydrogen (secondary N) is 1. The summed E-state index contributed by atoms with van der Waals surface area (Å²) >= 11 is 5.87. The van der Waals surface area contributed by atoms with E-state index in [1.54, 1.807) is 19.2 Å². The molecule has 0 fully saturated rings. The number of amides is 1. The number of carbonyl (C=O) groups excluding carboxylic acids is 1. The average Bonchev–Trinajstić information content (AvgIpc) is 2.57. The van der Waals surface area contributed by atoms with Crippen LogP contribution in [0.15, 0.2) is 48.5 Å². The lowest BCUT2D eigenvalue weighted by molar-refractivity contribution is -0.121. The van der Waals surface area contributed by atoms with Crippen molar-refractivity contribution in [3.63, 3.8) is 0 Å². The van der Waals surface area contributed by atoms with Crippen LogP contribution in [-0.2, 0) is 11.2 Å². The van der Waals surface area contributed by atoms with Crippen LogP contribution in [0.3, 0.4) is 0 Å². The molecule has 0 saturated heterocycles. The van der Waals surface area contributed by atoms with Crippen molar-refractivity contribution in [1.29, 1.82) is 0 Å². The van der Waals surface area contributed by atoms with Gasteiger partial charge >= 0.3 is 0 Å². The Kier molecular flexibility index (Phi) is 6.76. The second-order valence-electron chi connectivity index (χ2n) is 4.97. The minimum absolute atomic E-state index is 0.00870. The van der Waals surface area contributed by atoms with Crippen molar-refractivity contribution in [3.05, 3.63) is 59.1 Å². The maximum atomic E-state index is 11.9. The largest absolute Gasteiger partial charge is 0.496 e. The fourth-order valence-corrected chi connectivity index (χ4v) is 2.34. The summed E-state index contributed by atoms with van der Waals surface area (Å²) in [6.45, 7) is 0.859. The highest BCUT2D eigenvalue weighted by atomic mass is 35.5. The molecule has 0 aromatic heterocycles. The number of para-hydroxylation sites is 1. The van der Waals surface area contributed by atoms with Crippen LogP contribution in [0.4, 0.5) is 0 Å². The average molecular weight is 334 g/mol. The third-order valence-electron chi connectivity index (χ3n) is 3.30. The molecule has 0 heterocycles. The Hall–Kier alpha value is -2.20. The summed E-state index contributed by atoms with van der Waals surface area (Å²) < 4.78 is 10.8. The van der Waals surface area contributed by atoms with E-state index in [9.17, 15) is 4.79 Å². The second kappa shape index (κ2) is 9.06. The predicted octanol–water partition coefficient (Wildman–Crippen LogP) is 3.48. The van der Waals surface area contributed by atoms with E-state index in [-0.39, 0.29) is 5.91 Å². The fraction of sp³-hybridized carbons (Fsp3) is 0.278. The van der Waals surface area contributed by atoms with Gasteiger partial charge in [0.15, 0.2) is 0 Å². The summed E-state index contributed by atoms with van der Waals surface area (Å²) in [4.78, 5) is 11.9. The molecule has 0 aliphatic carbocycles. The Morgan fingerprint density at radius 2 is 2.00 bits per heavy atom. The molecule has 0 bridgehead atoms. The summed E-state index contributed by atoms with van der Waals surface area (Å²) in [5.41, 5.74) is 1.03. The van der Waals surface area contributed by atoms with Gasteiger partial charge in [-0.25, -0.2) is 0 Å². The van der Waals surface area contributed by atoms with E-state index >= 15 is 0 Å². The van der Waals surface area contributed by atoms with E-state index in [1.807, 2.05) is 36.4 Å². The van der Waals surface area contributed by atoms with Crippen LogP contribution in [0.25, 0.3) is 0 Å². The molecular formula is C18H20ClNO3. The lowest BCUT2D eigenvalue weighted by Gasteiger charge is -2.09. The van der Waals surface area contributed by atoms with Gasteiger partial charge in [0.2, 0.25) is 5.91 Å². The predicted molar refractivity (Wildman–Crippen MR) is 91.3 cm³/mol. The van der Waals surface area contributed by atoms with Gasteiger partial charge < -0.3 is 14.8 Å². The molecule has 1 N–H and O–H groups in total. The topological polar surface area (TPSA) is 47.6 Å². The summed E-state index contributed by atoms with van der Waals surface area (Å²) in [7, 11) is 1.63. The lowest BCUT2D eigenvalue weighted by atomic mass is 10.1. The minimum atomic E-state index is -0.00870. The van der Waals surface area contributed by atoms with Crippen LogP contribution in [0.5, 0.6) is 11.5 Å². The van der Waals surface area contributed by atoms with Crippen molar-refractivity contribution in [2.45, 2.75) is 12.8 Å². The van der Waals surface area contributed by atoms with Gasteiger partial charge in [-0.15, -0.1) is 0 Å². The Morgan fingerprint density at radius 3 is 2.78 bits per heavy atom. The van der Waals surface area contributed by atoms with Crippen molar-refractivity contribution >= 4 is 17.5 Å². The van der Waals surface area contributed by atoms with Crippen LogP contribution in [0.1, 0.15) is 12.0 Å². The normalized spacial score (nSPS) is 10.2. The second-order valence-corrected chi connectivity index (χ2v) is 5.40.